The smallest absolute Gasteiger partial charge is 0.102 e. The van der Waals surface area contributed by atoms with Crippen molar-refractivity contribution in [2.24, 2.45) is 11.1 Å². The average molecular weight is 221 g/mol. The molecule has 0 aliphatic rings. The fourth-order valence-electron chi connectivity index (χ4n) is 1.69. The largest absolute Gasteiger partial charge is 0.384 e. The molecule has 3 N–H and O–H groups in total. The van der Waals surface area contributed by atoms with E-state index in [0.717, 1.165) is 12.0 Å². The SMILES string of the molecule is CC(C)(C)CCC(O)(CN)c1ccccc1. The van der Waals surface area contributed by atoms with Crippen molar-refractivity contribution in [2.45, 2.75) is 39.2 Å². The summed E-state index contributed by atoms with van der Waals surface area (Å²) in [5.74, 6) is 0. The van der Waals surface area contributed by atoms with E-state index in [2.05, 4.69) is 20.8 Å². The second-order valence-corrected chi connectivity index (χ2v) is 5.66. The topological polar surface area (TPSA) is 46.2 Å². The van der Waals surface area contributed by atoms with Crippen LogP contribution in [0.4, 0.5) is 0 Å². The molecule has 0 saturated heterocycles. The van der Waals surface area contributed by atoms with Crippen LogP contribution in [-0.4, -0.2) is 11.7 Å². The molecule has 0 bridgehead atoms. The maximum atomic E-state index is 10.5. The molecule has 2 nitrogen and oxygen atoms in total. The molecule has 1 aromatic rings. The van der Waals surface area contributed by atoms with Crippen LogP contribution in [0.2, 0.25) is 0 Å². The quantitative estimate of drug-likeness (QED) is 0.821. The molecule has 1 unspecified atom stereocenters. The fourth-order valence-corrected chi connectivity index (χ4v) is 1.69. The lowest BCUT2D eigenvalue weighted by Gasteiger charge is -2.30. The maximum absolute atomic E-state index is 10.5. The average Bonchev–Trinajstić information content (AvgIpc) is 2.26. The molecular weight excluding hydrogens is 198 g/mol. The highest BCUT2D eigenvalue weighted by molar-refractivity contribution is 5.22. The summed E-state index contributed by atoms with van der Waals surface area (Å²) >= 11 is 0. The molecule has 1 aromatic carbocycles. The van der Waals surface area contributed by atoms with E-state index in [1.807, 2.05) is 30.3 Å². The molecule has 0 aromatic heterocycles. The van der Waals surface area contributed by atoms with Crippen LogP contribution in [-0.2, 0) is 5.60 Å². The van der Waals surface area contributed by atoms with Crippen molar-refractivity contribution in [3.05, 3.63) is 35.9 Å². The van der Waals surface area contributed by atoms with Crippen LogP contribution in [0.3, 0.4) is 0 Å². The van der Waals surface area contributed by atoms with E-state index in [4.69, 9.17) is 5.73 Å². The first-order valence-corrected chi connectivity index (χ1v) is 5.85. The highest BCUT2D eigenvalue weighted by Crippen LogP contribution is 2.31. The Morgan fingerprint density at radius 3 is 2.06 bits per heavy atom. The molecule has 0 amide bonds. The lowest BCUT2D eigenvalue weighted by Crippen LogP contribution is -2.35. The first kappa shape index (κ1) is 13.2. The summed E-state index contributed by atoms with van der Waals surface area (Å²) < 4.78 is 0. The van der Waals surface area contributed by atoms with Gasteiger partial charge in [-0.2, -0.15) is 0 Å². The lowest BCUT2D eigenvalue weighted by atomic mass is 9.81. The number of hydrogen-bond acceptors (Lipinski definition) is 2. The zero-order valence-corrected chi connectivity index (χ0v) is 10.5. The third-order valence-electron chi connectivity index (χ3n) is 2.94. The first-order chi connectivity index (χ1) is 7.37. The van der Waals surface area contributed by atoms with Gasteiger partial charge in [-0.1, -0.05) is 51.1 Å². The molecule has 0 spiro atoms. The molecule has 2 heteroatoms. The molecular formula is C14H23NO. The number of benzene rings is 1. The monoisotopic (exact) mass is 221 g/mol. The Balaban J connectivity index is 2.79. The summed E-state index contributed by atoms with van der Waals surface area (Å²) in [6.45, 7) is 6.80. The van der Waals surface area contributed by atoms with Gasteiger partial charge in [0.15, 0.2) is 0 Å². The molecule has 1 atom stereocenters. The van der Waals surface area contributed by atoms with E-state index in [9.17, 15) is 5.11 Å². The Hall–Kier alpha value is -0.860. The van der Waals surface area contributed by atoms with Crippen LogP contribution >= 0.6 is 0 Å². The van der Waals surface area contributed by atoms with Crippen LogP contribution in [0, 0.1) is 5.41 Å². The van der Waals surface area contributed by atoms with Crippen molar-refractivity contribution in [3.63, 3.8) is 0 Å². The van der Waals surface area contributed by atoms with Gasteiger partial charge in [0.05, 0.1) is 0 Å². The molecule has 0 fully saturated rings. The maximum Gasteiger partial charge on any atom is 0.102 e. The highest BCUT2D eigenvalue weighted by Gasteiger charge is 2.28. The molecule has 16 heavy (non-hydrogen) atoms. The van der Waals surface area contributed by atoms with Crippen LogP contribution in [0.25, 0.3) is 0 Å². The normalized spacial score (nSPS) is 15.8. The molecule has 90 valence electrons. The van der Waals surface area contributed by atoms with Crippen molar-refractivity contribution in [3.8, 4) is 0 Å². The van der Waals surface area contributed by atoms with Gasteiger partial charge < -0.3 is 10.8 Å². The van der Waals surface area contributed by atoms with Gasteiger partial charge in [-0.3, -0.25) is 0 Å². The molecule has 0 aliphatic carbocycles. The van der Waals surface area contributed by atoms with Crippen molar-refractivity contribution in [2.75, 3.05) is 6.54 Å². The van der Waals surface area contributed by atoms with Gasteiger partial charge in [-0.05, 0) is 23.8 Å². The zero-order chi connectivity index (χ0) is 12.2. The van der Waals surface area contributed by atoms with Crippen molar-refractivity contribution >= 4 is 0 Å². The Bertz CT molecular complexity index is 315. The highest BCUT2D eigenvalue weighted by atomic mass is 16.3. The minimum atomic E-state index is -0.880. The standard InChI is InChI=1S/C14H23NO/c1-13(2,3)9-10-14(16,11-15)12-7-5-4-6-8-12/h4-8,16H,9-11,15H2,1-3H3. The van der Waals surface area contributed by atoms with E-state index < -0.39 is 5.60 Å². The molecule has 0 aliphatic heterocycles. The third kappa shape index (κ3) is 3.62. The van der Waals surface area contributed by atoms with Crippen molar-refractivity contribution in [1.82, 2.24) is 0 Å². The van der Waals surface area contributed by atoms with Crippen LogP contribution in [0.1, 0.15) is 39.2 Å². The summed E-state index contributed by atoms with van der Waals surface area (Å²) in [4.78, 5) is 0. The third-order valence-corrected chi connectivity index (χ3v) is 2.94. The van der Waals surface area contributed by atoms with E-state index in [0.29, 0.717) is 6.42 Å². The predicted octanol–water partition coefficient (Wildman–Crippen LogP) is 2.66. The molecule has 0 radical (unpaired) electrons. The van der Waals surface area contributed by atoms with Crippen LogP contribution < -0.4 is 5.73 Å². The zero-order valence-electron chi connectivity index (χ0n) is 10.5. The van der Waals surface area contributed by atoms with Crippen LogP contribution in [0.5, 0.6) is 0 Å². The summed E-state index contributed by atoms with van der Waals surface area (Å²) in [5.41, 5.74) is 5.98. The van der Waals surface area contributed by atoms with Gasteiger partial charge in [0.2, 0.25) is 0 Å². The van der Waals surface area contributed by atoms with Gasteiger partial charge in [0, 0.05) is 6.54 Å². The molecule has 0 heterocycles. The van der Waals surface area contributed by atoms with Crippen molar-refractivity contribution in [1.29, 1.82) is 0 Å². The minimum Gasteiger partial charge on any atom is -0.384 e. The van der Waals surface area contributed by atoms with Gasteiger partial charge in [-0.25, -0.2) is 0 Å². The van der Waals surface area contributed by atoms with Gasteiger partial charge in [-0.15, -0.1) is 0 Å². The fraction of sp³-hybridized carbons (Fsp3) is 0.571. The van der Waals surface area contributed by atoms with Gasteiger partial charge >= 0.3 is 0 Å². The molecule has 0 saturated carbocycles. The second-order valence-electron chi connectivity index (χ2n) is 5.66. The Morgan fingerprint density at radius 2 is 1.62 bits per heavy atom. The van der Waals surface area contributed by atoms with Gasteiger partial charge in [0.25, 0.3) is 0 Å². The second kappa shape index (κ2) is 4.98. The summed E-state index contributed by atoms with van der Waals surface area (Å²) in [6, 6.07) is 9.70. The summed E-state index contributed by atoms with van der Waals surface area (Å²) in [6.07, 6.45) is 1.66. The van der Waals surface area contributed by atoms with E-state index in [1.165, 1.54) is 0 Å². The predicted molar refractivity (Wildman–Crippen MR) is 68.1 cm³/mol. The van der Waals surface area contributed by atoms with E-state index in [1.54, 1.807) is 0 Å². The summed E-state index contributed by atoms with van der Waals surface area (Å²) in [5, 5.41) is 10.5. The number of rotatable bonds is 4. The number of aliphatic hydroxyl groups is 1. The molecule has 1 rings (SSSR count). The van der Waals surface area contributed by atoms with Crippen LogP contribution in [0.15, 0.2) is 30.3 Å². The Morgan fingerprint density at radius 1 is 1.06 bits per heavy atom. The lowest BCUT2D eigenvalue weighted by molar-refractivity contribution is 0.0255. The number of hydrogen-bond donors (Lipinski definition) is 2. The minimum absolute atomic E-state index is 0.220. The van der Waals surface area contributed by atoms with E-state index >= 15 is 0 Å². The Kier molecular flexibility index (Phi) is 4.11. The van der Waals surface area contributed by atoms with Crippen molar-refractivity contribution < 1.29 is 5.11 Å². The summed E-state index contributed by atoms with van der Waals surface area (Å²) in [7, 11) is 0. The van der Waals surface area contributed by atoms with Gasteiger partial charge in [0.1, 0.15) is 5.60 Å². The number of nitrogens with two attached hydrogens (primary N) is 1. The Labute approximate surface area is 98.5 Å². The van der Waals surface area contributed by atoms with E-state index in [-0.39, 0.29) is 12.0 Å². The first-order valence-electron chi connectivity index (χ1n) is 5.85.